The maximum Gasteiger partial charge on any atom is 0.267 e. The molecule has 110 valence electrons. The molecule has 1 aliphatic carbocycles. The van der Waals surface area contributed by atoms with Gasteiger partial charge in [-0.25, -0.2) is 0 Å². The SMILES string of the molecule is Cn1ccsc1=NC(=O)CNC(=O)CC1CCCCC1. The van der Waals surface area contributed by atoms with Crippen molar-refractivity contribution < 1.29 is 9.59 Å². The van der Waals surface area contributed by atoms with Crippen molar-refractivity contribution in [2.45, 2.75) is 38.5 Å². The molecule has 2 rings (SSSR count). The van der Waals surface area contributed by atoms with Gasteiger partial charge in [0.2, 0.25) is 5.91 Å². The second-order valence-electron chi connectivity index (χ2n) is 5.29. The molecule has 0 aromatic carbocycles. The van der Waals surface area contributed by atoms with Crippen molar-refractivity contribution in [1.82, 2.24) is 9.88 Å². The molecule has 0 aliphatic heterocycles. The van der Waals surface area contributed by atoms with Crippen LogP contribution in [0.1, 0.15) is 38.5 Å². The molecule has 0 bridgehead atoms. The molecule has 20 heavy (non-hydrogen) atoms. The molecule has 1 aromatic rings. The lowest BCUT2D eigenvalue weighted by Crippen LogP contribution is -2.31. The van der Waals surface area contributed by atoms with E-state index >= 15 is 0 Å². The van der Waals surface area contributed by atoms with E-state index in [0.717, 1.165) is 12.8 Å². The summed E-state index contributed by atoms with van der Waals surface area (Å²) in [6.07, 6.45) is 8.39. The first-order valence-electron chi connectivity index (χ1n) is 7.09. The van der Waals surface area contributed by atoms with Crippen LogP contribution in [0.3, 0.4) is 0 Å². The van der Waals surface area contributed by atoms with E-state index in [-0.39, 0.29) is 18.4 Å². The first kappa shape index (κ1) is 15.0. The van der Waals surface area contributed by atoms with E-state index in [2.05, 4.69) is 10.3 Å². The third-order valence-corrected chi connectivity index (χ3v) is 4.46. The fraction of sp³-hybridized carbons (Fsp3) is 0.643. The number of thiazole rings is 1. The topological polar surface area (TPSA) is 63.5 Å². The number of amides is 2. The van der Waals surface area contributed by atoms with Gasteiger partial charge in [0.25, 0.3) is 5.91 Å². The molecular weight excluding hydrogens is 274 g/mol. The van der Waals surface area contributed by atoms with Crippen molar-refractivity contribution in [2.24, 2.45) is 18.0 Å². The summed E-state index contributed by atoms with van der Waals surface area (Å²) in [5.74, 6) is 0.155. The number of nitrogens with one attached hydrogen (secondary N) is 1. The largest absolute Gasteiger partial charge is 0.347 e. The monoisotopic (exact) mass is 295 g/mol. The number of aryl methyl sites for hydroxylation is 1. The minimum Gasteiger partial charge on any atom is -0.347 e. The normalized spacial score (nSPS) is 17.1. The molecule has 0 saturated heterocycles. The molecule has 0 spiro atoms. The van der Waals surface area contributed by atoms with E-state index in [1.54, 1.807) is 4.57 Å². The highest BCUT2D eigenvalue weighted by atomic mass is 32.1. The third kappa shape index (κ3) is 4.59. The average molecular weight is 295 g/mol. The summed E-state index contributed by atoms with van der Waals surface area (Å²) >= 11 is 1.40. The Labute approximate surface area is 122 Å². The Kier molecular flexibility index (Phi) is 5.52. The zero-order valence-corrected chi connectivity index (χ0v) is 12.6. The number of carbonyl (C=O) groups excluding carboxylic acids is 2. The van der Waals surface area contributed by atoms with Gasteiger partial charge in [0.1, 0.15) is 0 Å². The minimum atomic E-state index is -0.306. The van der Waals surface area contributed by atoms with Crippen LogP contribution >= 0.6 is 11.3 Å². The number of nitrogens with zero attached hydrogens (tertiary/aromatic N) is 2. The van der Waals surface area contributed by atoms with Gasteiger partial charge in [-0.2, -0.15) is 4.99 Å². The van der Waals surface area contributed by atoms with Gasteiger partial charge in [0.15, 0.2) is 4.80 Å². The summed E-state index contributed by atoms with van der Waals surface area (Å²) in [7, 11) is 1.84. The standard InChI is InChI=1S/C14H21N3O2S/c1-17-7-8-20-14(17)16-13(19)10-15-12(18)9-11-5-3-2-4-6-11/h7-8,11H,2-6,9-10H2,1H3,(H,15,18). The smallest absolute Gasteiger partial charge is 0.267 e. The van der Waals surface area contributed by atoms with Crippen molar-refractivity contribution in [2.75, 3.05) is 6.54 Å². The Morgan fingerprint density at radius 1 is 1.40 bits per heavy atom. The Morgan fingerprint density at radius 2 is 2.15 bits per heavy atom. The van der Waals surface area contributed by atoms with Gasteiger partial charge in [-0.15, -0.1) is 11.3 Å². The summed E-state index contributed by atoms with van der Waals surface area (Å²) in [5.41, 5.74) is 0. The van der Waals surface area contributed by atoms with Gasteiger partial charge < -0.3 is 9.88 Å². The first-order valence-corrected chi connectivity index (χ1v) is 7.97. The quantitative estimate of drug-likeness (QED) is 0.917. The molecule has 1 aromatic heterocycles. The van der Waals surface area contributed by atoms with E-state index in [1.165, 1.54) is 30.6 Å². The van der Waals surface area contributed by atoms with Crippen LogP contribution in [-0.2, 0) is 16.6 Å². The molecule has 1 fully saturated rings. The highest BCUT2D eigenvalue weighted by Gasteiger charge is 2.17. The van der Waals surface area contributed by atoms with E-state index < -0.39 is 0 Å². The van der Waals surface area contributed by atoms with Crippen molar-refractivity contribution in [1.29, 1.82) is 0 Å². The second-order valence-corrected chi connectivity index (χ2v) is 6.16. The average Bonchev–Trinajstić information content (AvgIpc) is 2.83. The van der Waals surface area contributed by atoms with Crippen molar-refractivity contribution in [3.8, 4) is 0 Å². The van der Waals surface area contributed by atoms with Crippen LogP contribution in [0.5, 0.6) is 0 Å². The van der Waals surface area contributed by atoms with E-state index in [1.807, 2.05) is 18.6 Å². The summed E-state index contributed by atoms with van der Waals surface area (Å²) in [4.78, 5) is 28.1. The number of aromatic nitrogens is 1. The Balaban J connectivity index is 1.75. The van der Waals surface area contributed by atoms with Crippen LogP contribution in [0.15, 0.2) is 16.6 Å². The highest BCUT2D eigenvalue weighted by molar-refractivity contribution is 7.07. The predicted octanol–water partition coefficient (Wildman–Crippen LogP) is 1.60. The first-order chi connectivity index (χ1) is 9.65. The Morgan fingerprint density at radius 3 is 2.80 bits per heavy atom. The van der Waals surface area contributed by atoms with Gasteiger partial charge in [-0.05, 0) is 18.8 Å². The van der Waals surface area contributed by atoms with E-state index in [4.69, 9.17) is 0 Å². The molecule has 6 heteroatoms. The fourth-order valence-corrected chi connectivity index (χ4v) is 3.23. The molecule has 0 unspecified atom stereocenters. The van der Waals surface area contributed by atoms with Gasteiger partial charge in [0.05, 0.1) is 6.54 Å². The molecule has 1 saturated carbocycles. The van der Waals surface area contributed by atoms with Gasteiger partial charge in [0, 0.05) is 25.0 Å². The maximum atomic E-state index is 11.8. The maximum absolute atomic E-state index is 11.8. The number of hydrogen-bond acceptors (Lipinski definition) is 3. The molecule has 1 aliphatic rings. The Bertz CT molecular complexity index is 527. The van der Waals surface area contributed by atoms with E-state index in [9.17, 15) is 9.59 Å². The molecule has 5 nitrogen and oxygen atoms in total. The van der Waals surface area contributed by atoms with Crippen LogP contribution < -0.4 is 10.1 Å². The number of hydrogen-bond donors (Lipinski definition) is 1. The van der Waals surface area contributed by atoms with Crippen LogP contribution in [0.4, 0.5) is 0 Å². The lowest BCUT2D eigenvalue weighted by Gasteiger charge is -2.20. The molecule has 0 atom stereocenters. The molecular formula is C14H21N3O2S. The van der Waals surface area contributed by atoms with Crippen molar-refractivity contribution >= 4 is 23.2 Å². The summed E-state index contributed by atoms with van der Waals surface area (Å²) in [6.45, 7) is -0.0105. The zero-order valence-electron chi connectivity index (χ0n) is 11.8. The molecule has 1 heterocycles. The lowest BCUT2D eigenvalue weighted by atomic mass is 9.87. The summed E-state index contributed by atoms with van der Waals surface area (Å²) in [6, 6.07) is 0. The minimum absolute atomic E-state index is 0.0105. The van der Waals surface area contributed by atoms with Crippen LogP contribution in [0.2, 0.25) is 0 Å². The number of carbonyl (C=O) groups is 2. The lowest BCUT2D eigenvalue weighted by molar-refractivity contribution is -0.125. The van der Waals surface area contributed by atoms with Crippen molar-refractivity contribution in [3.63, 3.8) is 0 Å². The Hall–Kier alpha value is -1.43. The van der Waals surface area contributed by atoms with E-state index in [0.29, 0.717) is 17.1 Å². The molecule has 2 amide bonds. The zero-order chi connectivity index (χ0) is 14.4. The molecule has 1 N–H and O–H groups in total. The fourth-order valence-electron chi connectivity index (χ4n) is 2.48. The van der Waals surface area contributed by atoms with Gasteiger partial charge in [-0.1, -0.05) is 19.3 Å². The number of rotatable bonds is 4. The van der Waals surface area contributed by atoms with Gasteiger partial charge in [-0.3, -0.25) is 9.59 Å². The molecule has 0 radical (unpaired) electrons. The van der Waals surface area contributed by atoms with Crippen molar-refractivity contribution in [3.05, 3.63) is 16.4 Å². The van der Waals surface area contributed by atoms with Gasteiger partial charge >= 0.3 is 0 Å². The van der Waals surface area contributed by atoms with Crippen LogP contribution in [0.25, 0.3) is 0 Å². The van der Waals surface area contributed by atoms with Crippen LogP contribution in [-0.4, -0.2) is 22.9 Å². The third-order valence-electron chi connectivity index (χ3n) is 3.62. The predicted molar refractivity (Wildman–Crippen MR) is 78.1 cm³/mol. The van der Waals surface area contributed by atoms with Crippen LogP contribution in [0, 0.1) is 5.92 Å². The highest BCUT2D eigenvalue weighted by Crippen LogP contribution is 2.25. The summed E-state index contributed by atoms with van der Waals surface area (Å²) in [5, 5.41) is 4.54. The summed E-state index contributed by atoms with van der Waals surface area (Å²) < 4.78 is 1.78. The second kappa shape index (κ2) is 7.38.